The van der Waals surface area contributed by atoms with Crippen molar-refractivity contribution in [1.82, 2.24) is 5.32 Å². The van der Waals surface area contributed by atoms with Crippen LogP contribution < -0.4 is 15.4 Å². The zero-order valence-electron chi connectivity index (χ0n) is 22.6. The number of aliphatic hydroxyl groups excluding tert-OH is 1. The number of halogens is 1. The van der Waals surface area contributed by atoms with Crippen LogP contribution in [0.2, 0.25) is 0 Å². The summed E-state index contributed by atoms with van der Waals surface area (Å²) in [5.41, 5.74) is 10.2. The maximum Gasteiger partial charge on any atom is 0.251 e. The van der Waals surface area contributed by atoms with Crippen LogP contribution in [-0.4, -0.2) is 43.9 Å². The number of benzene rings is 3. The van der Waals surface area contributed by atoms with E-state index in [1.165, 1.54) is 19.2 Å². The highest BCUT2D eigenvalue weighted by atomic mass is 32.2. The minimum atomic E-state index is -0.962. The third kappa shape index (κ3) is 9.31. The molecular weight excluding hydrogens is 521 g/mol. The zero-order chi connectivity index (χ0) is 28.4. The average molecular weight is 558 g/mol. The number of aliphatic hydroxyl groups is 1. The van der Waals surface area contributed by atoms with Crippen molar-refractivity contribution in [2.75, 3.05) is 31.7 Å². The molecule has 0 radical (unpaired) electrons. The molecule has 10 heteroatoms. The molecule has 0 aliphatic heterocycles. The lowest BCUT2D eigenvalue weighted by atomic mass is 9.93. The Hall–Kier alpha value is -2.99. The second kappa shape index (κ2) is 14.4. The molecule has 1 unspecified atom stereocenters. The van der Waals surface area contributed by atoms with Gasteiger partial charge in [-0.05, 0) is 67.3 Å². The van der Waals surface area contributed by atoms with Gasteiger partial charge in [0.05, 0.1) is 38.5 Å². The molecule has 1 amide bonds. The number of carbonyl (C=O) groups is 1. The summed E-state index contributed by atoms with van der Waals surface area (Å²) in [6.45, 7) is 3.87. The van der Waals surface area contributed by atoms with Gasteiger partial charge in [-0.25, -0.2) is 9.28 Å². The number of aryl methyl sites for hydroxylation is 1. The van der Waals surface area contributed by atoms with E-state index in [1.807, 2.05) is 44.2 Å². The van der Waals surface area contributed by atoms with E-state index in [0.717, 1.165) is 34.5 Å². The molecule has 3 rings (SSSR count). The van der Waals surface area contributed by atoms with Crippen molar-refractivity contribution in [1.29, 1.82) is 0 Å². The number of amides is 1. The first-order valence-corrected chi connectivity index (χ1v) is 13.2. The molecule has 0 heterocycles. The first-order chi connectivity index (χ1) is 18.6. The number of hydrogen-bond donors (Lipinski definition) is 3. The quantitative estimate of drug-likeness (QED) is 0.114. The first-order valence-electron chi connectivity index (χ1n) is 12.5. The second-order valence-electron chi connectivity index (χ2n) is 9.62. The summed E-state index contributed by atoms with van der Waals surface area (Å²) in [5.74, 6) is -0.640. The van der Waals surface area contributed by atoms with Crippen molar-refractivity contribution in [3.63, 3.8) is 0 Å². The zero-order valence-corrected chi connectivity index (χ0v) is 23.5. The highest BCUT2D eigenvalue weighted by molar-refractivity contribution is 7.95. The van der Waals surface area contributed by atoms with Gasteiger partial charge in [0, 0.05) is 18.3 Å². The van der Waals surface area contributed by atoms with Crippen molar-refractivity contribution in [2.24, 2.45) is 5.73 Å². The van der Waals surface area contributed by atoms with Crippen molar-refractivity contribution < 1.29 is 28.2 Å². The highest BCUT2D eigenvalue weighted by Gasteiger charge is 2.25. The van der Waals surface area contributed by atoms with Crippen LogP contribution >= 0.6 is 12.2 Å². The minimum absolute atomic E-state index is 0.113. The molecular formula is C29H36FN3O5S. The summed E-state index contributed by atoms with van der Waals surface area (Å²) < 4.78 is 25.9. The van der Waals surface area contributed by atoms with E-state index in [9.17, 15) is 14.3 Å². The monoisotopic (exact) mass is 557 g/mol. The fraction of sp³-hybridized carbons (Fsp3) is 0.345. The Kier molecular flexibility index (Phi) is 11.3. The molecule has 3 aromatic rings. The van der Waals surface area contributed by atoms with Crippen molar-refractivity contribution in [3.8, 4) is 0 Å². The van der Waals surface area contributed by atoms with Crippen LogP contribution in [0, 0.1) is 12.7 Å². The predicted octanol–water partition coefficient (Wildman–Crippen LogP) is 4.65. The Morgan fingerprint density at radius 3 is 2.46 bits per heavy atom. The van der Waals surface area contributed by atoms with Crippen LogP contribution in [0.3, 0.4) is 0 Å². The van der Waals surface area contributed by atoms with Gasteiger partial charge in [-0.3, -0.25) is 9.10 Å². The van der Waals surface area contributed by atoms with E-state index < -0.39 is 5.54 Å². The van der Waals surface area contributed by atoms with E-state index in [0.29, 0.717) is 17.7 Å². The van der Waals surface area contributed by atoms with Gasteiger partial charge in [-0.2, -0.15) is 0 Å². The van der Waals surface area contributed by atoms with Gasteiger partial charge in [-0.15, -0.1) is 4.33 Å². The van der Waals surface area contributed by atoms with E-state index in [-0.39, 0.29) is 37.6 Å². The number of anilines is 1. The largest absolute Gasteiger partial charge is 0.394 e. The van der Waals surface area contributed by atoms with Crippen molar-refractivity contribution in [3.05, 3.63) is 100 Å². The molecule has 4 N–H and O–H groups in total. The van der Waals surface area contributed by atoms with E-state index >= 15 is 0 Å². The van der Waals surface area contributed by atoms with Gasteiger partial charge >= 0.3 is 0 Å². The number of carbonyl (C=O) groups excluding carboxylic acids is 1. The molecule has 0 aliphatic carbocycles. The number of ether oxygens (including phenoxy) is 1. The summed E-state index contributed by atoms with van der Waals surface area (Å²) >= 11 is 0.955. The maximum atomic E-state index is 13.3. The fourth-order valence-electron chi connectivity index (χ4n) is 3.94. The van der Waals surface area contributed by atoms with E-state index in [4.69, 9.17) is 14.8 Å². The lowest BCUT2D eigenvalue weighted by molar-refractivity contribution is -0.160. The normalized spacial score (nSPS) is 13.5. The molecule has 3 aromatic carbocycles. The highest BCUT2D eigenvalue weighted by Crippen LogP contribution is 2.26. The Morgan fingerprint density at radius 1 is 1.13 bits per heavy atom. The summed E-state index contributed by atoms with van der Waals surface area (Å²) in [4.78, 5) is 17.9. The summed E-state index contributed by atoms with van der Waals surface area (Å²) in [6, 6.07) is 19.0. The van der Waals surface area contributed by atoms with Crippen LogP contribution in [-0.2, 0) is 27.0 Å². The molecule has 2 atom stereocenters. The van der Waals surface area contributed by atoms with E-state index in [2.05, 4.69) is 10.2 Å². The Morgan fingerprint density at radius 2 is 1.82 bits per heavy atom. The fourth-order valence-corrected chi connectivity index (χ4v) is 4.28. The molecule has 0 saturated carbocycles. The smallest absolute Gasteiger partial charge is 0.251 e. The third-order valence-corrected chi connectivity index (χ3v) is 6.81. The third-order valence-electron chi connectivity index (χ3n) is 6.18. The summed E-state index contributed by atoms with van der Waals surface area (Å²) in [6.07, 6.45) is 0.451. The lowest BCUT2D eigenvalue weighted by Gasteiger charge is -2.27. The van der Waals surface area contributed by atoms with Crippen molar-refractivity contribution in [2.45, 2.75) is 38.5 Å². The Labute approximate surface area is 233 Å². The lowest BCUT2D eigenvalue weighted by Crippen LogP contribution is -2.50. The molecule has 0 spiro atoms. The van der Waals surface area contributed by atoms with Crippen LogP contribution in [0.25, 0.3) is 0 Å². The number of rotatable bonds is 14. The average Bonchev–Trinajstić information content (AvgIpc) is 2.93. The molecule has 0 aliphatic rings. The van der Waals surface area contributed by atoms with Gasteiger partial charge in [0.25, 0.3) is 5.91 Å². The number of nitrogens with one attached hydrogen (secondary N) is 1. The molecule has 0 bridgehead atoms. The van der Waals surface area contributed by atoms with Crippen LogP contribution in [0.5, 0.6) is 0 Å². The Bertz CT molecular complexity index is 1210. The number of nitrogens with two attached hydrogens (primary N) is 1. The predicted molar refractivity (Wildman–Crippen MR) is 151 cm³/mol. The van der Waals surface area contributed by atoms with Crippen molar-refractivity contribution >= 4 is 23.8 Å². The van der Waals surface area contributed by atoms with Gasteiger partial charge in [0.15, 0.2) is 12.2 Å². The maximum absolute atomic E-state index is 13.3. The van der Waals surface area contributed by atoms with Crippen LogP contribution in [0.15, 0.2) is 66.7 Å². The molecule has 39 heavy (non-hydrogen) atoms. The first kappa shape index (κ1) is 30.6. The van der Waals surface area contributed by atoms with Crippen LogP contribution in [0.1, 0.15) is 45.6 Å². The number of hydrogen-bond acceptors (Lipinski definition) is 8. The van der Waals surface area contributed by atoms with Gasteiger partial charge in [-0.1, -0.05) is 42.0 Å². The van der Waals surface area contributed by atoms with Gasteiger partial charge in [0.2, 0.25) is 0 Å². The Balaban J connectivity index is 1.74. The molecule has 0 aromatic heterocycles. The molecule has 210 valence electrons. The van der Waals surface area contributed by atoms with Gasteiger partial charge < -0.3 is 20.9 Å². The second-order valence-corrected chi connectivity index (χ2v) is 10.5. The molecule has 0 saturated heterocycles. The minimum Gasteiger partial charge on any atom is -0.394 e. The standard InChI is InChI=1S/C29H36FN3O5S/c1-20-5-7-22(8-6-20)16-29(31,18-34)19-37-17-23-13-25(15-27(14-23)33(3)39-38-36-4)28(35)32-21(2)24-9-11-26(30)12-10-24/h5-15,21,34H,16-19,31H2,1-4H3,(H,32,35)/t21-,29?/m1/s1. The molecule has 0 fully saturated rings. The van der Waals surface area contributed by atoms with Crippen LogP contribution in [0.4, 0.5) is 10.1 Å². The summed E-state index contributed by atoms with van der Waals surface area (Å²) in [7, 11) is 3.17. The van der Waals surface area contributed by atoms with E-state index in [1.54, 1.807) is 35.6 Å². The summed E-state index contributed by atoms with van der Waals surface area (Å²) in [5, 5.41) is 12.9. The molecule has 8 nitrogen and oxygen atoms in total. The van der Waals surface area contributed by atoms with Gasteiger partial charge in [0.1, 0.15) is 5.82 Å². The number of nitrogens with zero attached hydrogens (tertiary/aromatic N) is 1. The SMILES string of the molecule is COOSN(C)c1cc(COCC(N)(CO)Cc2ccc(C)cc2)cc(C(=O)N[C@H](C)c2ccc(F)cc2)c1. The topological polar surface area (TPSA) is 106 Å².